The number of anilines is 2. The molecule has 0 saturated carbocycles. The predicted molar refractivity (Wildman–Crippen MR) is 70.1 cm³/mol. The molecule has 0 aromatic carbocycles. The van der Waals surface area contributed by atoms with Gasteiger partial charge in [0.15, 0.2) is 5.82 Å². The third kappa shape index (κ3) is 3.16. The van der Waals surface area contributed by atoms with Gasteiger partial charge in [-0.2, -0.15) is 0 Å². The van der Waals surface area contributed by atoms with Crippen molar-refractivity contribution >= 4 is 11.4 Å². The standard InChI is InChI=1S/C13H15FN4/c1-10-8-15-4-2-12(10)17-6-7-18-13-3-5-16-9-11(13)14/h2-5,8-9H,6-7H2,1H3,(H,15,17)(H,16,18). The van der Waals surface area contributed by atoms with Crippen LogP contribution >= 0.6 is 0 Å². The van der Waals surface area contributed by atoms with E-state index < -0.39 is 0 Å². The Hall–Kier alpha value is -2.17. The lowest BCUT2D eigenvalue weighted by Crippen LogP contribution is -2.14. The van der Waals surface area contributed by atoms with Gasteiger partial charge in [-0.25, -0.2) is 4.39 Å². The molecule has 0 atom stereocenters. The molecule has 0 aliphatic carbocycles. The highest BCUT2D eigenvalue weighted by Crippen LogP contribution is 2.12. The molecule has 2 aromatic rings. The van der Waals surface area contributed by atoms with Gasteiger partial charge in [-0.15, -0.1) is 0 Å². The summed E-state index contributed by atoms with van der Waals surface area (Å²) in [6.45, 7) is 3.32. The van der Waals surface area contributed by atoms with Crippen LogP contribution in [0.4, 0.5) is 15.8 Å². The summed E-state index contributed by atoms with van der Waals surface area (Å²) in [4.78, 5) is 7.71. The topological polar surface area (TPSA) is 49.8 Å². The Balaban J connectivity index is 1.80. The quantitative estimate of drug-likeness (QED) is 0.796. The lowest BCUT2D eigenvalue weighted by Gasteiger charge is -2.10. The van der Waals surface area contributed by atoms with E-state index in [0.29, 0.717) is 18.8 Å². The molecule has 0 aliphatic rings. The van der Waals surface area contributed by atoms with Gasteiger partial charge < -0.3 is 10.6 Å². The number of hydrogen-bond donors (Lipinski definition) is 2. The van der Waals surface area contributed by atoms with E-state index in [-0.39, 0.29) is 5.82 Å². The van der Waals surface area contributed by atoms with Crippen LogP contribution in [0.5, 0.6) is 0 Å². The second kappa shape index (κ2) is 5.95. The van der Waals surface area contributed by atoms with E-state index in [1.807, 2.05) is 13.0 Å². The van der Waals surface area contributed by atoms with Gasteiger partial charge in [0.25, 0.3) is 0 Å². The van der Waals surface area contributed by atoms with Crippen molar-refractivity contribution in [2.75, 3.05) is 23.7 Å². The summed E-state index contributed by atoms with van der Waals surface area (Å²) < 4.78 is 13.3. The third-order valence-corrected chi connectivity index (χ3v) is 2.55. The van der Waals surface area contributed by atoms with Crippen LogP contribution in [0.3, 0.4) is 0 Å². The van der Waals surface area contributed by atoms with E-state index in [1.54, 1.807) is 24.7 Å². The fourth-order valence-electron chi connectivity index (χ4n) is 1.58. The minimum Gasteiger partial charge on any atom is -0.383 e. The number of aryl methyl sites for hydroxylation is 1. The molecular weight excluding hydrogens is 231 g/mol. The van der Waals surface area contributed by atoms with E-state index >= 15 is 0 Å². The normalized spacial score (nSPS) is 10.1. The summed E-state index contributed by atoms with van der Waals surface area (Å²) >= 11 is 0. The molecule has 18 heavy (non-hydrogen) atoms. The van der Waals surface area contributed by atoms with Crippen LogP contribution in [-0.4, -0.2) is 23.1 Å². The van der Waals surface area contributed by atoms with Gasteiger partial charge in [0.2, 0.25) is 0 Å². The molecule has 0 amide bonds. The smallest absolute Gasteiger partial charge is 0.164 e. The van der Waals surface area contributed by atoms with Crippen molar-refractivity contribution in [3.63, 3.8) is 0 Å². The third-order valence-electron chi connectivity index (χ3n) is 2.55. The first-order valence-electron chi connectivity index (χ1n) is 5.75. The molecule has 0 bridgehead atoms. The number of rotatable bonds is 5. The number of nitrogens with one attached hydrogen (secondary N) is 2. The van der Waals surface area contributed by atoms with Crippen LogP contribution in [-0.2, 0) is 0 Å². The first-order chi connectivity index (χ1) is 8.77. The molecule has 2 aromatic heterocycles. The van der Waals surface area contributed by atoms with E-state index in [4.69, 9.17) is 0 Å². The van der Waals surface area contributed by atoms with Crippen LogP contribution < -0.4 is 10.6 Å². The minimum absolute atomic E-state index is 0.336. The van der Waals surface area contributed by atoms with E-state index in [1.165, 1.54) is 6.20 Å². The predicted octanol–water partition coefficient (Wildman–Crippen LogP) is 2.45. The van der Waals surface area contributed by atoms with Gasteiger partial charge in [-0.1, -0.05) is 0 Å². The number of pyridine rings is 2. The maximum absolute atomic E-state index is 13.3. The van der Waals surface area contributed by atoms with Crippen molar-refractivity contribution in [2.45, 2.75) is 6.92 Å². The van der Waals surface area contributed by atoms with Crippen molar-refractivity contribution < 1.29 is 4.39 Å². The SMILES string of the molecule is Cc1cnccc1NCCNc1ccncc1F. The molecule has 0 radical (unpaired) electrons. The van der Waals surface area contributed by atoms with Gasteiger partial charge in [-0.3, -0.25) is 9.97 Å². The summed E-state index contributed by atoms with van der Waals surface area (Å²) in [5.41, 5.74) is 2.60. The Morgan fingerprint density at radius 3 is 2.28 bits per heavy atom. The molecule has 2 heterocycles. The largest absolute Gasteiger partial charge is 0.383 e. The monoisotopic (exact) mass is 246 g/mol. The summed E-state index contributed by atoms with van der Waals surface area (Å²) in [6, 6.07) is 3.54. The molecule has 0 unspecified atom stereocenters. The Bertz CT molecular complexity index is 468. The zero-order valence-electron chi connectivity index (χ0n) is 10.2. The van der Waals surface area contributed by atoms with Gasteiger partial charge in [0, 0.05) is 37.4 Å². The van der Waals surface area contributed by atoms with E-state index in [0.717, 1.165) is 11.3 Å². The highest BCUT2D eigenvalue weighted by molar-refractivity contribution is 5.49. The molecule has 0 saturated heterocycles. The van der Waals surface area contributed by atoms with E-state index in [2.05, 4.69) is 20.6 Å². The summed E-state index contributed by atoms with van der Waals surface area (Å²) in [6.07, 6.45) is 6.30. The highest BCUT2D eigenvalue weighted by Gasteiger charge is 2.00. The van der Waals surface area contributed by atoms with Crippen LogP contribution in [0.2, 0.25) is 0 Å². The minimum atomic E-state index is -0.336. The lowest BCUT2D eigenvalue weighted by molar-refractivity contribution is 0.624. The molecule has 2 N–H and O–H groups in total. The summed E-state index contributed by atoms with van der Waals surface area (Å²) in [7, 11) is 0. The second-order valence-electron chi connectivity index (χ2n) is 3.90. The number of aromatic nitrogens is 2. The Morgan fingerprint density at radius 2 is 1.61 bits per heavy atom. The van der Waals surface area contributed by atoms with Crippen LogP contribution in [0.25, 0.3) is 0 Å². The Labute approximate surface area is 105 Å². The first-order valence-corrected chi connectivity index (χ1v) is 5.75. The van der Waals surface area contributed by atoms with Gasteiger partial charge in [0.1, 0.15) is 0 Å². The molecule has 0 spiro atoms. The van der Waals surface area contributed by atoms with Crippen molar-refractivity contribution in [1.29, 1.82) is 0 Å². The fourth-order valence-corrected chi connectivity index (χ4v) is 1.58. The lowest BCUT2D eigenvalue weighted by atomic mass is 10.2. The summed E-state index contributed by atoms with van der Waals surface area (Å²) in [5.74, 6) is -0.336. The zero-order chi connectivity index (χ0) is 12.8. The maximum Gasteiger partial charge on any atom is 0.164 e. The van der Waals surface area contributed by atoms with Crippen molar-refractivity contribution in [3.8, 4) is 0 Å². The second-order valence-corrected chi connectivity index (χ2v) is 3.90. The van der Waals surface area contributed by atoms with Crippen LogP contribution in [0.15, 0.2) is 36.9 Å². The van der Waals surface area contributed by atoms with Crippen molar-refractivity contribution in [3.05, 3.63) is 48.3 Å². The van der Waals surface area contributed by atoms with E-state index in [9.17, 15) is 4.39 Å². The van der Waals surface area contributed by atoms with Crippen molar-refractivity contribution in [1.82, 2.24) is 9.97 Å². The number of halogens is 1. The molecule has 0 fully saturated rings. The Kier molecular flexibility index (Phi) is 4.06. The maximum atomic E-state index is 13.3. The summed E-state index contributed by atoms with van der Waals surface area (Å²) in [5, 5.41) is 6.27. The average molecular weight is 246 g/mol. The van der Waals surface area contributed by atoms with Crippen molar-refractivity contribution in [2.24, 2.45) is 0 Å². The van der Waals surface area contributed by atoms with Gasteiger partial charge in [-0.05, 0) is 24.6 Å². The van der Waals surface area contributed by atoms with Gasteiger partial charge >= 0.3 is 0 Å². The average Bonchev–Trinajstić information content (AvgIpc) is 2.38. The zero-order valence-corrected chi connectivity index (χ0v) is 10.2. The molecule has 5 heteroatoms. The Morgan fingerprint density at radius 1 is 1.00 bits per heavy atom. The molecule has 0 aliphatic heterocycles. The molecule has 2 rings (SSSR count). The number of hydrogen-bond acceptors (Lipinski definition) is 4. The molecule has 94 valence electrons. The molecular formula is C13H15FN4. The fraction of sp³-hybridized carbons (Fsp3) is 0.231. The van der Waals surface area contributed by atoms with Crippen LogP contribution in [0.1, 0.15) is 5.56 Å². The van der Waals surface area contributed by atoms with Crippen LogP contribution in [0, 0.1) is 12.7 Å². The molecule has 4 nitrogen and oxygen atoms in total. The van der Waals surface area contributed by atoms with Gasteiger partial charge in [0.05, 0.1) is 11.9 Å². The first kappa shape index (κ1) is 12.3. The number of nitrogens with zero attached hydrogens (tertiary/aromatic N) is 2. The highest BCUT2D eigenvalue weighted by atomic mass is 19.1.